The maximum Gasteiger partial charge on any atom is 0.131 e. The lowest BCUT2D eigenvalue weighted by atomic mass is 9.92. The van der Waals surface area contributed by atoms with E-state index in [0.717, 1.165) is 16.9 Å². The molecule has 2 N–H and O–H groups in total. The second-order valence-electron chi connectivity index (χ2n) is 5.16. The second kappa shape index (κ2) is 5.08. The summed E-state index contributed by atoms with van der Waals surface area (Å²) in [6.07, 6.45) is 0.173. The lowest BCUT2D eigenvalue weighted by molar-refractivity contribution is 0.157. The topological polar surface area (TPSA) is 35.2 Å². The number of nitrogens with two attached hydrogens (primary N) is 1. The summed E-state index contributed by atoms with van der Waals surface area (Å²) in [5.74, 6) is 0.374. The Hall–Kier alpha value is -1.58. The maximum absolute atomic E-state index is 14.0. The molecule has 0 radical (unpaired) electrons. The van der Waals surface area contributed by atoms with Crippen LogP contribution in [0, 0.1) is 12.7 Å². The predicted octanol–water partition coefficient (Wildman–Crippen LogP) is 4.31. The summed E-state index contributed by atoms with van der Waals surface area (Å²) in [5, 5.41) is 0.377. The lowest BCUT2D eigenvalue weighted by Gasteiger charge is -2.31. The summed E-state index contributed by atoms with van der Waals surface area (Å²) in [5.41, 5.74) is 8.81. The molecule has 0 amide bonds. The van der Waals surface area contributed by atoms with E-state index in [2.05, 4.69) is 0 Å². The summed E-state index contributed by atoms with van der Waals surface area (Å²) in [6, 6.07) is 10.4. The van der Waals surface area contributed by atoms with Crippen LogP contribution in [0.2, 0.25) is 5.02 Å². The van der Waals surface area contributed by atoms with Crippen molar-refractivity contribution in [3.63, 3.8) is 0 Å². The SMILES string of the molecule is Cc1ccc2c(c1)[C@H](N)CC(c1ccc(Cl)cc1F)O2. The number of ether oxygens (including phenoxy) is 1. The van der Waals surface area contributed by atoms with Crippen LogP contribution in [-0.4, -0.2) is 0 Å². The highest BCUT2D eigenvalue weighted by atomic mass is 35.5. The van der Waals surface area contributed by atoms with E-state index in [1.54, 1.807) is 12.1 Å². The number of halogens is 2. The van der Waals surface area contributed by atoms with Crippen LogP contribution >= 0.6 is 11.6 Å². The molecular formula is C16H15ClFNO. The fourth-order valence-corrected chi connectivity index (χ4v) is 2.74. The minimum atomic E-state index is -0.377. The van der Waals surface area contributed by atoms with Crippen molar-refractivity contribution in [3.8, 4) is 5.75 Å². The normalized spacial score (nSPS) is 21.2. The molecule has 2 aromatic rings. The Morgan fingerprint density at radius 2 is 2.00 bits per heavy atom. The van der Waals surface area contributed by atoms with Gasteiger partial charge in [-0.05, 0) is 25.1 Å². The van der Waals surface area contributed by atoms with Gasteiger partial charge in [0.15, 0.2) is 0 Å². The molecule has 20 heavy (non-hydrogen) atoms. The van der Waals surface area contributed by atoms with Crippen LogP contribution in [0.25, 0.3) is 0 Å². The van der Waals surface area contributed by atoms with Crippen molar-refractivity contribution in [1.82, 2.24) is 0 Å². The van der Waals surface area contributed by atoms with Crippen LogP contribution < -0.4 is 10.5 Å². The zero-order chi connectivity index (χ0) is 14.3. The molecule has 104 valence electrons. The summed E-state index contributed by atoms with van der Waals surface area (Å²) in [4.78, 5) is 0. The number of hydrogen-bond donors (Lipinski definition) is 1. The summed E-state index contributed by atoms with van der Waals surface area (Å²) in [7, 11) is 0. The molecule has 1 unspecified atom stereocenters. The predicted molar refractivity (Wildman–Crippen MR) is 77.5 cm³/mol. The van der Waals surface area contributed by atoms with E-state index >= 15 is 0 Å². The van der Waals surface area contributed by atoms with Crippen molar-refractivity contribution in [3.05, 3.63) is 63.9 Å². The first-order chi connectivity index (χ1) is 9.54. The average molecular weight is 292 g/mol. The quantitative estimate of drug-likeness (QED) is 0.849. The van der Waals surface area contributed by atoms with Crippen molar-refractivity contribution in [2.24, 2.45) is 5.73 Å². The second-order valence-corrected chi connectivity index (χ2v) is 5.59. The van der Waals surface area contributed by atoms with Gasteiger partial charge in [-0.25, -0.2) is 4.39 Å². The third-order valence-corrected chi connectivity index (χ3v) is 3.85. The molecule has 2 atom stereocenters. The van der Waals surface area contributed by atoms with E-state index in [1.165, 1.54) is 6.07 Å². The Morgan fingerprint density at radius 3 is 2.75 bits per heavy atom. The molecule has 2 aromatic carbocycles. The molecule has 2 nitrogen and oxygen atoms in total. The Kier molecular flexibility index (Phi) is 3.40. The Morgan fingerprint density at radius 1 is 1.20 bits per heavy atom. The largest absolute Gasteiger partial charge is 0.485 e. The first-order valence-electron chi connectivity index (χ1n) is 6.52. The Labute approximate surface area is 122 Å². The number of benzene rings is 2. The Bertz CT molecular complexity index is 659. The van der Waals surface area contributed by atoms with Crippen molar-refractivity contribution in [2.75, 3.05) is 0 Å². The zero-order valence-electron chi connectivity index (χ0n) is 11.1. The van der Waals surface area contributed by atoms with Gasteiger partial charge in [0.1, 0.15) is 17.7 Å². The highest BCUT2D eigenvalue weighted by Crippen LogP contribution is 2.40. The maximum atomic E-state index is 14.0. The van der Waals surface area contributed by atoms with E-state index < -0.39 is 0 Å². The molecule has 0 bridgehead atoms. The first kappa shape index (κ1) is 13.4. The van der Waals surface area contributed by atoms with E-state index in [9.17, 15) is 4.39 Å². The van der Waals surface area contributed by atoms with E-state index in [0.29, 0.717) is 17.0 Å². The van der Waals surface area contributed by atoms with Gasteiger partial charge >= 0.3 is 0 Å². The molecule has 0 fully saturated rings. The van der Waals surface area contributed by atoms with Crippen LogP contribution in [0.1, 0.15) is 35.3 Å². The van der Waals surface area contributed by atoms with Gasteiger partial charge in [0.05, 0.1) is 0 Å². The molecule has 3 rings (SSSR count). The first-order valence-corrected chi connectivity index (χ1v) is 6.90. The fraction of sp³-hybridized carbons (Fsp3) is 0.250. The van der Waals surface area contributed by atoms with E-state index in [-0.39, 0.29) is 18.0 Å². The molecule has 0 aromatic heterocycles. The third kappa shape index (κ3) is 2.39. The van der Waals surface area contributed by atoms with Gasteiger partial charge in [-0.1, -0.05) is 35.4 Å². The minimum absolute atomic E-state index is 0.154. The highest BCUT2D eigenvalue weighted by Gasteiger charge is 2.28. The van der Waals surface area contributed by atoms with Gasteiger partial charge in [0.25, 0.3) is 0 Å². The van der Waals surface area contributed by atoms with Gasteiger partial charge in [0, 0.05) is 28.6 Å². The third-order valence-electron chi connectivity index (χ3n) is 3.61. The van der Waals surface area contributed by atoms with Crippen LogP contribution in [0.3, 0.4) is 0 Å². The van der Waals surface area contributed by atoms with Crippen molar-refractivity contribution in [1.29, 1.82) is 0 Å². The number of fused-ring (bicyclic) bond motifs is 1. The van der Waals surface area contributed by atoms with E-state index in [4.69, 9.17) is 22.1 Å². The number of rotatable bonds is 1. The van der Waals surface area contributed by atoms with E-state index in [1.807, 2.05) is 25.1 Å². The van der Waals surface area contributed by atoms with Crippen LogP contribution in [0.5, 0.6) is 5.75 Å². The highest BCUT2D eigenvalue weighted by molar-refractivity contribution is 6.30. The fourth-order valence-electron chi connectivity index (χ4n) is 2.58. The van der Waals surface area contributed by atoms with Gasteiger partial charge in [0.2, 0.25) is 0 Å². The van der Waals surface area contributed by atoms with Crippen LogP contribution in [0.4, 0.5) is 4.39 Å². The molecule has 1 aliphatic heterocycles. The molecule has 1 aliphatic rings. The number of hydrogen-bond acceptors (Lipinski definition) is 2. The number of aryl methyl sites for hydroxylation is 1. The molecule has 0 saturated heterocycles. The Balaban J connectivity index is 1.97. The van der Waals surface area contributed by atoms with Gasteiger partial charge in [-0.2, -0.15) is 0 Å². The van der Waals surface area contributed by atoms with Crippen LogP contribution in [0.15, 0.2) is 36.4 Å². The molecule has 4 heteroatoms. The van der Waals surface area contributed by atoms with Crippen molar-refractivity contribution < 1.29 is 9.13 Å². The molecule has 0 saturated carbocycles. The average Bonchev–Trinajstić information content (AvgIpc) is 2.39. The molecule has 0 spiro atoms. The summed E-state index contributed by atoms with van der Waals surface area (Å²) >= 11 is 5.78. The van der Waals surface area contributed by atoms with Crippen molar-refractivity contribution in [2.45, 2.75) is 25.5 Å². The van der Waals surface area contributed by atoms with Gasteiger partial charge in [-0.3, -0.25) is 0 Å². The summed E-state index contributed by atoms with van der Waals surface area (Å²) in [6.45, 7) is 2.01. The van der Waals surface area contributed by atoms with Crippen LogP contribution in [-0.2, 0) is 0 Å². The summed E-state index contributed by atoms with van der Waals surface area (Å²) < 4.78 is 19.9. The monoisotopic (exact) mass is 291 g/mol. The smallest absolute Gasteiger partial charge is 0.131 e. The standard InChI is InChI=1S/C16H15ClFNO/c1-9-2-5-15-12(6-9)14(19)8-16(20-15)11-4-3-10(17)7-13(11)18/h2-7,14,16H,8,19H2,1H3/t14-,16?/m1/s1. The minimum Gasteiger partial charge on any atom is -0.485 e. The lowest BCUT2D eigenvalue weighted by Crippen LogP contribution is -2.24. The molecule has 1 heterocycles. The molecule has 0 aliphatic carbocycles. The zero-order valence-corrected chi connectivity index (χ0v) is 11.8. The van der Waals surface area contributed by atoms with Gasteiger partial charge in [-0.15, -0.1) is 0 Å². The van der Waals surface area contributed by atoms with Crippen molar-refractivity contribution >= 4 is 11.6 Å². The van der Waals surface area contributed by atoms with Gasteiger partial charge < -0.3 is 10.5 Å². The molecular weight excluding hydrogens is 277 g/mol.